The van der Waals surface area contributed by atoms with Crippen LogP contribution in [0.15, 0.2) is 59.7 Å². The topological polar surface area (TPSA) is 90.5 Å². The van der Waals surface area contributed by atoms with Crippen molar-refractivity contribution in [3.63, 3.8) is 0 Å². The summed E-state index contributed by atoms with van der Waals surface area (Å²) in [5.74, 6) is 0.497. The van der Waals surface area contributed by atoms with Gasteiger partial charge in [-0.2, -0.15) is 0 Å². The van der Waals surface area contributed by atoms with Crippen molar-refractivity contribution in [3.8, 4) is 11.6 Å². The number of nitrogens with one attached hydrogen (secondary N) is 1. The largest absolute Gasteiger partial charge is 0.436 e. The molecule has 31 heavy (non-hydrogen) atoms. The number of para-hydroxylation sites is 1. The first-order valence-corrected chi connectivity index (χ1v) is 10.0. The second kappa shape index (κ2) is 8.43. The molecule has 0 aliphatic rings. The molecule has 0 saturated heterocycles. The van der Waals surface area contributed by atoms with Crippen LogP contribution in [-0.2, 0) is 17.8 Å². The molecular weight excluding hydrogens is 394 g/mol. The first-order valence-electron chi connectivity index (χ1n) is 10.0. The Bertz CT molecular complexity index is 1320. The van der Waals surface area contributed by atoms with Gasteiger partial charge in [0.05, 0.1) is 0 Å². The molecule has 8 heteroatoms. The van der Waals surface area contributed by atoms with Gasteiger partial charge in [0.15, 0.2) is 0 Å². The normalized spacial score (nSPS) is 10.9. The van der Waals surface area contributed by atoms with Crippen molar-refractivity contribution in [1.29, 1.82) is 0 Å². The molecule has 0 saturated carbocycles. The summed E-state index contributed by atoms with van der Waals surface area (Å²) in [5, 5.41) is 7.16. The van der Waals surface area contributed by atoms with Gasteiger partial charge >= 0.3 is 5.69 Å². The third kappa shape index (κ3) is 4.05. The lowest BCUT2D eigenvalue weighted by molar-refractivity contribution is -0.117. The Labute approximate surface area is 179 Å². The van der Waals surface area contributed by atoms with Crippen molar-refractivity contribution in [2.45, 2.75) is 33.7 Å². The van der Waals surface area contributed by atoms with Crippen LogP contribution in [0, 0.1) is 13.8 Å². The molecule has 0 atom stereocenters. The van der Waals surface area contributed by atoms with Crippen LogP contribution >= 0.6 is 0 Å². The summed E-state index contributed by atoms with van der Waals surface area (Å²) in [6, 6.07) is 13.3. The predicted octanol–water partition coefficient (Wildman–Crippen LogP) is 3.50. The zero-order valence-electron chi connectivity index (χ0n) is 17.6. The van der Waals surface area contributed by atoms with E-state index in [0.717, 1.165) is 33.5 Å². The summed E-state index contributed by atoms with van der Waals surface area (Å²) in [7, 11) is 0. The molecule has 0 aliphatic carbocycles. The van der Waals surface area contributed by atoms with E-state index in [2.05, 4.69) is 15.4 Å². The van der Waals surface area contributed by atoms with Gasteiger partial charge in [-0.25, -0.2) is 18.9 Å². The fourth-order valence-electron chi connectivity index (χ4n) is 3.32. The number of carbonyl (C=O) groups is 1. The maximum absolute atomic E-state index is 12.8. The number of fused-ring (bicyclic) bond motifs is 1. The standard InChI is InChI=1S/C23H23N5O3/c1-4-17-9-5-6-10-18(17)25-20(29)14-28-23(30)27-13-12-24-22(21(27)26-28)31-19-11-7-8-15(2)16(19)3/h5-13H,4,14H2,1-3H3,(H,25,29). The average Bonchev–Trinajstić information content (AvgIpc) is 3.08. The number of benzene rings is 2. The van der Waals surface area contributed by atoms with Crippen LogP contribution in [0.4, 0.5) is 5.69 Å². The maximum Gasteiger partial charge on any atom is 0.351 e. The molecule has 0 spiro atoms. The molecule has 2 heterocycles. The molecule has 0 fully saturated rings. The van der Waals surface area contributed by atoms with Crippen molar-refractivity contribution in [2.24, 2.45) is 0 Å². The predicted molar refractivity (Wildman–Crippen MR) is 118 cm³/mol. The lowest BCUT2D eigenvalue weighted by atomic mass is 10.1. The molecule has 0 unspecified atom stereocenters. The molecule has 8 nitrogen and oxygen atoms in total. The fourth-order valence-corrected chi connectivity index (χ4v) is 3.32. The highest BCUT2D eigenvalue weighted by atomic mass is 16.5. The van der Waals surface area contributed by atoms with Gasteiger partial charge in [0, 0.05) is 18.1 Å². The number of amides is 1. The van der Waals surface area contributed by atoms with E-state index in [1.54, 1.807) is 0 Å². The summed E-state index contributed by atoms with van der Waals surface area (Å²) in [6.45, 7) is 5.74. The van der Waals surface area contributed by atoms with E-state index in [1.807, 2.05) is 63.2 Å². The number of hydrogen-bond donors (Lipinski definition) is 1. The van der Waals surface area contributed by atoms with Crippen molar-refractivity contribution in [1.82, 2.24) is 19.2 Å². The van der Waals surface area contributed by atoms with Crippen LogP contribution in [0.2, 0.25) is 0 Å². The number of nitrogens with zero attached hydrogens (tertiary/aromatic N) is 4. The Morgan fingerprint density at radius 1 is 1.13 bits per heavy atom. The molecule has 4 aromatic rings. The maximum atomic E-state index is 12.8. The first-order chi connectivity index (χ1) is 15.0. The van der Waals surface area contributed by atoms with E-state index in [1.165, 1.54) is 16.8 Å². The van der Waals surface area contributed by atoms with Crippen LogP contribution in [-0.4, -0.2) is 25.1 Å². The van der Waals surface area contributed by atoms with E-state index in [9.17, 15) is 9.59 Å². The van der Waals surface area contributed by atoms with Gasteiger partial charge in [-0.05, 0) is 49.1 Å². The van der Waals surface area contributed by atoms with Gasteiger partial charge in [-0.15, -0.1) is 5.10 Å². The molecular formula is C23H23N5O3. The smallest absolute Gasteiger partial charge is 0.351 e. The number of carbonyl (C=O) groups excluding carboxylic acids is 1. The Balaban J connectivity index is 1.62. The van der Waals surface area contributed by atoms with Gasteiger partial charge in [-0.3, -0.25) is 4.79 Å². The third-order valence-corrected chi connectivity index (χ3v) is 5.20. The summed E-state index contributed by atoms with van der Waals surface area (Å²) < 4.78 is 8.38. The number of anilines is 1. The highest BCUT2D eigenvalue weighted by molar-refractivity contribution is 5.91. The number of hydrogen-bond acceptors (Lipinski definition) is 5. The number of aromatic nitrogens is 4. The molecule has 1 amide bonds. The summed E-state index contributed by atoms with van der Waals surface area (Å²) >= 11 is 0. The van der Waals surface area contributed by atoms with Gasteiger partial charge in [0.25, 0.3) is 5.88 Å². The van der Waals surface area contributed by atoms with Gasteiger partial charge in [0.2, 0.25) is 11.6 Å². The summed E-state index contributed by atoms with van der Waals surface area (Å²) in [5.41, 5.74) is 3.61. The molecule has 4 rings (SSSR count). The van der Waals surface area contributed by atoms with Crippen molar-refractivity contribution in [3.05, 3.63) is 82.0 Å². The Hall–Kier alpha value is -3.94. The van der Waals surface area contributed by atoms with Crippen molar-refractivity contribution >= 4 is 17.2 Å². The lowest BCUT2D eigenvalue weighted by Crippen LogP contribution is -2.28. The van der Waals surface area contributed by atoms with Crippen LogP contribution in [0.3, 0.4) is 0 Å². The van der Waals surface area contributed by atoms with Crippen LogP contribution in [0.25, 0.3) is 5.65 Å². The van der Waals surface area contributed by atoms with E-state index in [0.29, 0.717) is 5.75 Å². The van der Waals surface area contributed by atoms with Crippen LogP contribution in [0.1, 0.15) is 23.6 Å². The summed E-state index contributed by atoms with van der Waals surface area (Å²) in [6.07, 6.45) is 3.76. The van der Waals surface area contributed by atoms with E-state index in [-0.39, 0.29) is 24.0 Å². The van der Waals surface area contributed by atoms with Gasteiger partial charge < -0.3 is 10.1 Å². The third-order valence-electron chi connectivity index (χ3n) is 5.20. The van der Waals surface area contributed by atoms with Crippen LogP contribution < -0.4 is 15.7 Å². The van der Waals surface area contributed by atoms with E-state index in [4.69, 9.17) is 4.74 Å². The molecule has 0 radical (unpaired) electrons. The lowest BCUT2D eigenvalue weighted by Gasteiger charge is -2.09. The van der Waals surface area contributed by atoms with Gasteiger partial charge in [-0.1, -0.05) is 37.3 Å². The minimum Gasteiger partial charge on any atom is -0.436 e. The molecule has 1 N–H and O–H groups in total. The molecule has 2 aromatic carbocycles. The molecule has 0 aliphatic heterocycles. The zero-order chi connectivity index (χ0) is 22.0. The van der Waals surface area contributed by atoms with Crippen molar-refractivity contribution in [2.75, 3.05) is 5.32 Å². The quantitative estimate of drug-likeness (QED) is 0.519. The molecule has 2 aromatic heterocycles. The average molecular weight is 417 g/mol. The number of ether oxygens (including phenoxy) is 1. The van der Waals surface area contributed by atoms with E-state index < -0.39 is 5.69 Å². The monoisotopic (exact) mass is 417 g/mol. The minimum atomic E-state index is -0.442. The SMILES string of the molecule is CCc1ccccc1NC(=O)Cn1nc2c(Oc3cccc(C)c3C)nccn2c1=O. The Kier molecular flexibility index (Phi) is 5.53. The molecule has 0 bridgehead atoms. The zero-order valence-corrected chi connectivity index (χ0v) is 17.6. The first kappa shape index (κ1) is 20.3. The van der Waals surface area contributed by atoms with Gasteiger partial charge in [0.1, 0.15) is 12.3 Å². The number of rotatable bonds is 6. The Morgan fingerprint density at radius 2 is 1.94 bits per heavy atom. The minimum absolute atomic E-state index is 0.198. The second-order valence-electron chi connectivity index (χ2n) is 7.23. The van der Waals surface area contributed by atoms with E-state index >= 15 is 0 Å². The van der Waals surface area contributed by atoms with Crippen molar-refractivity contribution < 1.29 is 9.53 Å². The van der Waals surface area contributed by atoms with Crippen LogP contribution in [0.5, 0.6) is 11.6 Å². The highest BCUT2D eigenvalue weighted by Gasteiger charge is 2.17. The highest BCUT2D eigenvalue weighted by Crippen LogP contribution is 2.27. The second-order valence-corrected chi connectivity index (χ2v) is 7.23. The summed E-state index contributed by atoms with van der Waals surface area (Å²) in [4.78, 5) is 29.6. The fraction of sp³-hybridized carbons (Fsp3) is 0.217. The molecule has 158 valence electrons. The number of aryl methyl sites for hydroxylation is 2. The Morgan fingerprint density at radius 3 is 2.74 bits per heavy atom.